The predicted octanol–water partition coefficient (Wildman–Crippen LogP) is 3.75. The smallest absolute Gasteiger partial charge is 0.256 e. The van der Waals surface area contributed by atoms with E-state index in [1.54, 1.807) is 22.0 Å². The molecule has 2 rings (SSSR count). The van der Waals surface area contributed by atoms with Crippen LogP contribution in [-0.4, -0.2) is 34.2 Å². The summed E-state index contributed by atoms with van der Waals surface area (Å²) in [5.41, 5.74) is 1.55. The van der Waals surface area contributed by atoms with E-state index in [-0.39, 0.29) is 5.91 Å². The zero-order valence-corrected chi connectivity index (χ0v) is 14.2. The van der Waals surface area contributed by atoms with Crippen molar-refractivity contribution in [1.82, 2.24) is 14.7 Å². The van der Waals surface area contributed by atoms with Crippen LogP contribution in [0.3, 0.4) is 0 Å². The largest absolute Gasteiger partial charge is 0.342 e. The molecular formula is C16H20BrN3O. The zero-order chi connectivity index (χ0) is 15.4. The molecule has 0 aliphatic carbocycles. The Hall–Kier alpha value is -1.62. The van der Waals surface area contributed by atoms with Crippen LogP contribution in [0.4, 0.5) is 0 Å². The molecule has 0 unspecified atom stereocenters. The van der Waals surface area contributed by atoms with Crippen molar-refractivity contribution in [1.29, 1.82) is 0 Å². The Morgan fingerprint density at radius 2 is 2.00 bits per heavy atom. The summed E-state index contributed by atoms with van der Waals surface area (Å²) in [4.78, 5) is 14.1. The Labute approximate surface area is 133 Å². The van der Waals surface area contributed by atoms with E-state index in [0.717, 1.165) is 23.1 Å². The van der Waals surface area contributed by atoms with Crippen LogP contribution < -0.4 is 0 Å². The number of benzene rings is 1. The molecule has 0 N–H and O–H groups in total. The molecule has 0 aliphatic rings. The maximum atomic E-state index is 12.3. The van der Waals surface area contributed by atoms with Gasteiger partial charge >= 0.3 is 0 Å². The molecule has 1 heterocycles. The number of carbonyl (C=O) groups excluding carboxylic acids is 1. The van der Waals surface area contributed by atoms with E-state index in [2.05, 4.69) is 34.9 Å². The van der Waals surface area contributed by atoms with Crippen LogP contribution in [0.2, 0.25) is 0 Å². The molecule has 0 bridgehead atoms. The molecule has 21 heavy (non-hydrogen) atoms. The molecule has 0 saturated heterocycles. The van der Waals surface area contributed by atoms with Crippen LogP contribution in [0, 0.1) is 5.92 Å². The minimum absolute atomic E-state index is 0.0130. The highest BCUT2D eigenvalue weighted by Crippen LogP contribution is 2.14. The first-order valence-electron chi connectivity index (χ1n) is 7.03. The first-order valence-corrected chi connectivity index (χ1v) is 7.82. The van der Waals surface area contributed by atoms with Crippen LogP contribution in [0.15, 0.2) is 41.1 Å². The number of halogens is 1. The second-order valence-electron chi connectivity index (χ2n) is 5.56. The fourth-order valence-electron chi connectivity index (χ4n) is 1.94. The first-order chi connectivity index (χ1) is 9.97. The van der Waals surface area contributed by atoms with Crippen LogP contribution >= 0.6 is 15.9 Å². The fourth-order valence-corrected chi connectivity index (χ4v) is 2.21. The maximum absolute atomic E-state index is 12.3. The number of carbonyl (C=O) groups is 1. The van der Waals surface area contributed by atoms with Gasteiger partial charge in [-0.15, -0.1) is 0 Å². The summed E-state index contributed by atoms with van der Waals surface area (Å²) in [7, 11) is 1.84. The average Bonchev–Trinajstić information content (AvgIpc) is 2.94. The van der Waals surface area contributed by atoms with Crippen molar-refractivity contribution in [3.8, 4) is 5.69 Å². The van der Waals surface area contributed by atoms with Gasteiger partial charge in [-0.3, -0.25) is 4.79 Å². The highest BCUT2D eigenvalue weighted by Gasteiger charge is 2.14. The standard InChI is InChI=1S/C16H20BrN3O/c1-12(2)8-9-19(3)16(21)13-10-18-20(11-13)15-6-4-14(17)5-7-15/h4-7,10-12H,8-9H2,1-3H3. The molecule has 0 spiro atoms. The van der Waals surface area contributed by atoms with E-state index in [9.17, 15) is 4.79 Å². The second-order valence-corrected chi connectivity index (χ2v) is 6.47. The quantitative estimate of drug-likeness (QED) is 0.824. The van der Waals surface area contributed by atoms with Gasteiger partial charge in [0.05, 0.1) is 17.4 Å². The summed E-state index contributed by atoms with van der Waals surface area (Å²) in [5, 5.41) is 4.27. The van der Waals surface area contributed by atoms with E-state index >= 15 is 0 Å². The number of hydrogen-bond donors (Lipinski definition) is 0. The number of rotatable bonds is 5. The van der Waals surface area contributed by atoms with Gasteiger partial charge in [0, 0.05) is 24.3 Å². The van der Waals surface area contributed by atoms with Gasteiger partial charge in [0.1, 0.15) is 0 Å². The van der Waals surface area contributed by atoms with Crippen molar-refractivity contribution in [2.24, 2.45) is 5.92 Å². The summed E-state index contributed by atoms with van der Waals surface area (Å²) in [6.45, 7) is 5.08. The minimum atomic E-state index is 0.0130. The number of hydrogen-bond acceptors (Lipinski definition) is 2. The normalized spacial score (nSPS) is 10.9. The van der Waals surface area contributed by atoms with Crippen LogP contribution in [0.1, 0.15) is 30.6 Å². The molecule has 0 fully saturated rings. The Morgan fingerprint density at radius 1 is 1.33 bits per heavy atom. The van der Waals surface area contributed by atoms with E-state index in [0.29, 0.717) is 11.5 Å². The van der Waals surface area contributed by atoms with Crippen molar-refractivity contribution < 1.29 is 4.79 Å². The molecule has 0 radical (unpaired) electrons. The molecule has 5 heteroatoms. The molecule has 0 saturated carbocycles. The molecule has 1 amide bonds. The lowest BCUT2D eigenvalue weighted by molar-refractivity contribution is 0.0789. The molecule has 4 nitrogen and oxygen atoms in total. The third-order valence-corrected chi connectivity index (χ3v) is 3.84. The van der Waals surface area contributed by atoms with Gasteiger partial charge in [-0.25, -0.2) is 4.68 Å². The van der Waals surface area contributed by atoms with Gasteiger partial charge in [-0.1, -0.05) is 29.8 Å². The Kier molecular flexibility index (Phi) is 5.17. The zero-order valence-electron chi connectivity index (χ0n) is 12.6. The predicted molar refractivity (Wildman–Crippen MR) is 87.7 cm³/mol. The molecule has 1 aromatic heterocycles. The maximum Gasteiger partial charge on any atom is 0.256 e. The van der Waals surface area contributed by atoms with Crippen LogP contribution in [0.25, 0.3) is 5.69 Å². The van der Waals surface area contributed by atoms with Crippen molar-refractivity contribution in [2.75, 3.05) is 13.6 Å². The van der Waals surface area contributed by atoms with Gasteiger partial charge in [-0.05, 0) is 36.6 Å². The second kappa shape index (κ2) is 6.89. The summed E-state index contributed by atoms with van der Waals surface area (Å²) in [6, 6.07) is 7.81. The van der Waals surface area contributed by atoms with Gasteiger partial charge in [-0.2, -0.15) is 5.10 Å². The van der Waals surface area contributed by atoms with E-state index in [1.165, 1.54) is 0 Å². The number of nitrogens with zero attached hydrogens (tertiary/aromatic N) is 3. The molecule has 112 valence electrons. The monoisotopic (exact) mass is 349 g/mol. The topological polar surface area (TPSA) is 38.1 Å². The highest BCUT2D eigenvalue weighted by molar-refractivity contribution is 9.10. The van der Waals surface area contributed by atoms with E-state index in [1.807, 2.05) is 31.3 Å². The lowest BCUT2D eigenvalue weighted by Gasteiger charge is -2.17. The third-order valence-electron chi connectivity index (χ3n) is 3.31. The Bertz CT molecular complexity index is 604. The average molecular weight is 350 g/mol. The summed E-state index contributed by atoms with van der Waals surface area (Å²) >= 11 is 3.40. The van der Waals surface area contributed by atoms with Crippen LogP contribution in [0.5, 0.6) is 0 Å². The highest BCUT2D eigenvalue weighted by atomic mass is 79.9. The van der Waals surface area contributed by atoms with Gasteiger partial charge in [0.15, 0.2) is 0 Å². The molecule has 1 aromatic carbocycles. The SMILES string of the molecule is CC(C)CCN(C)C(=O)c1cnn(-c2ccc(Br)cc2)c1. The van der Waals surface area contributed by atoms with Crippen molar-refractivity contribution >= 4 is 21.8 Å². The third kappa shape index (κ3) is 4.17. The summed E-state index contributed by atoms with van der Waals surface area (Å²) < 4.78 is 2.73. The number of amides is 1. The lowest BCUT2D eigenvalue weighted by Crippen LogP contribution is -2.28. The molecular weight excluding hydrogens is 330 g/mol. The van der Waals surface area contributed by atoms with Crippen molar-refractivity contribution in [3.63, 3.8) is 0 Å². The fraction of sp³-hybridized carbons (Fsp3) is 0.375. The van der Waals surface area contributed by atoms with E-state index in [4.69, 9.17) is 0 Å². The van der Waals surface area contributed by atoms with Gasteiger partial charge in [0.25, 0.3) is 5.91 Å². The Balaban J connectivity index is 2.08. The molecule has 2 aromatic rings. The summed E-state index contributed by atoms with van der Waals surface area (Å²) in [5.74, 6) is 0.602. The van der Waals surface area contributed by atoms with Crippen molar-refractivity contribution in [3.05, 3.63) is 46.7 Å². The molecule has 0 aliphatic heterocycles. The van der Waals surface area contributed by atoms with Gasteiger partial charge < -0.3 is 4.90 Å². The Morgan fingerprint density at radius 3 is 2.62 bits per heavy atom. The van der Waals surface area contributed by atoms with E-state index < -0.39 is 0 Å². The van der Waals surface area contributed by atoms with Crippen molar-refractivity contribution in [2.45, 2.75) is 20.3 Å². The lowest BCUT2D eigenvalue weighted by atomic mass is 10.1. The number of aromatic nitrogens is 2. The van der Waals surface area contributed by atoms with Crippen LogP contribution in [-0.2, 0) is 0 Å². The minimum Gasteiger partial charge on any atom is -0.342 e. The summed E-state index contributed by atoms with van der Waals surface area (Å²) in [6.07, 6.45) is 4.40. The molecule has 0 atom stereocenters. The van der Waals surface area contributed by atoms with Gasteiger partial charge in [0.2, 0.25) is 0 Å². The first kappa shape index (κ1) is 15.8.